The summed E-state index contributed by atoms with van der Waals surface area (Å²) in [5.74, 6) is -1.77. The molecule has 22 heavy (non-hydrogen) atoms. The van der Waals surface area contributed by atoms with Crippen LogP contribution in [0.3, 0.4) is 0 Å². The van der Waals surface area contributed by atoms with Gasteiger partial charge >= 0.3 is 0 Å². The van der Waals surface area contributed by atoms with Gasteiger partial charge in [-0.05, 0) is 37.1 Å². The molecule has 2 aliphatic rings. The number of carbonyl (C=O) groups excluding carboxylic acids is 4. The maximum Gasteiger partial charge on any atom is 0.258 e. The zero-order valence-electron chi connectivity index (χ0n) is 12.0. The highest BCUT2D eigenvalue weighted by Crippen LogP contribution is 2.34. The summed E-state index contributed by atoms with van der Waals surface area (Å²) < 4.78 is 0. The van der Waals surface area contributed by atoms with Crippen LogP contribution in [0.25, 0.3) is 0 Å². The third-order valence-electron chi connectivity index (χ3n) is 3.60. The SMILES string of the molecule is Cc1cc(N2C(=O)C=CC2=O)c(C)c(N2C(=O)C=CC2=O)c1. The second kappa shape index (κ2) is 4.77. The quantitative estimate of drug-likeness (QED) is 0.768. The number of aryl methyl sites for hydroxylation is 1. The van der Waals surface area contributed by atoms with Gasteiger partial charge < -0.3 is 0 Å². The molecule has 0 aromatic heterocycles. The van der Waals surface area contributed by atoms with Gasteiger partial charge in [0.05, 0.1) is 11.4 Å². The van der Waals surface area contributed by atoms with E-state index < -0.39 is 23.6 Å². The van der Waals surface area contributed by atoms with E-state index in [1.165, 1.54) is 24.3 Å². The summed E-state index contributed by atoms with van der Waals surface area (Å²) in [5.41, 5.74) is 2.00. The summed E-state index contributed by atoms with van der Waals surface area (Å²) in [6, 6.07) is 3.36. The number of hydrogen-bond acceptors (Lipinski definition) is 4. The second-order valence-electron chi connectivity index (χ2n) is 5.12. The molecule has 0 spiro atoms. The predicted octanol–water partition coefficient (Wildman–Crippen LogP) is 1.16. The maximum absolute atomic E-state index is 11.9. The lowest BCUT2D eigenvalue weighted by atomic mass is 10.1. The number of benzene rings is 1. The molecule has 0 aliphatic carbocycles. The predicted molar refractivity (Wildman–Crippen MR) is 79.2 cm³/mol. The average Bonchev–Trinajstić information content (AvgIpc) is 2.96. The van der Waals surface area contributed by atoms with Gasteiger partial charge in [0.25, 0.3) is 23.6 Å². The smallest absolute Gasteiger partial charge is 0.258 e. The van der Waals surface area contributed by atoms with Gasteiger partial charge in [0, 0.05) is 24.3 Å². The molecule has 6 heteroatoms. The van der Waals surface area contributed by atoms with E-state index >= 15 is 0 Å². The van der Waals surface area contributed by atoms with E-state index in [1.807, 2.05) is 0 Å². The Hall–Kier alpha value is -3.02. The topological polar surface area (TPSA) is 74.8 Å². The first-order valence-electron chi connectivity index (χ1n) is 6.63. The monoisotopic (exact) mass is 296 g/mol. The minimum absolute atomic E-state index is 0.377. The molecule has 0 radical (unpaired) electrons. The number of anilines is 2. The average molecular weight is 296 g/mol. The fraction of sp³-hybridized carbons (Fsp3) is 0.125. The van der Waals surface area contributed by atoms with Gasteiger partial charge in [-0.3, -0.25) is 19.2 Å². The number of hydrogen-bond donors (Lipinski definition) is 0. The molecule has 0 N–H and O–H groups in total. The lowest BCUT2D eigenvalue weighted by Gasteiger charge is -2.23. The fourth-order valence-corrected chi connectivity index (χ4v) is 2.56. The maximum atomic E-state index is 11.9. The van der Waals surface area contributed by atoms with Crippen LogP contribution in [0.1, 0.15) is 11.1 Å². The van der Waals surface area contributed by atoms with Crippen molar-refractivity contribution in [3.8, 4) is 0 Å². The molecule has 0 unspecified atom stereocenters. The molecule has 1 aromatic carbocycles. The number of nitrogens with zero attached hydrogens (tertiary/aromatic N) is 2. The van der Waals surface area contributed by atoms with Gasteiger partial charge in [0.15, 0.2) is 0 Å². The van der Waals surface area contributed by atoms with Crippen molar-refractivity contribution in [2.75, 3.05) is 9.80 Å². The summed E-state index contributed by atoms with van der Waals surface area (Å²) in [6.45, 7) is 3.44. The van der Waals surface area contributed by atoms with Crippen molar-refractivity contribution in [1.29, 1.82) is 0 Å². The van der Waals surface area contributed by atoms with Crippen LogP contribution in [-0.2, 0) is 19.2 Å². The van der Waals surface area contributed by atoms with Gasteiger partial charge in [-0.1, -0.05) is 0 Å². The Labute approximate surface area is 126 Å². The highest BCUT2D eigenvalue weighted by atomic mass is 16.2. The first-order valence-corrected chi connectivity index (χ1v) is 6.63. The largest absolute Gasteiger partial charge is 0.269 e. The van der Waals surface area contributed by atoms with E-state index in [-0.39, 0.29) is 0 Å². The van der Waals surface area contributed by atoms with Crippen LogP contribution in [0.15, 0.2) is 36.4 Å². The molecule has 1 aromatic rings. The summed E-state index contributed by atoms with van der Waals surface area (Å²) >= 11 is 0. The number of carbonyl (C=O) groups is 4. The highest BCUT2D eigenvalue weighted by Gasteiger charge is 2.31. The van der Waals surface area contributed by atoms with E-state index in [0.717, 1.165) is 15.4 Å². The Kier molecular flexibility index (Phi) is 3.02. The van der Waals surface area contributed by atoms with Gasteiger partial charge in [-0.25, -0.2) is 9.80 Å². The third kappa shape index (κ3) is 1.96. The molecular formula is C16H12N2O4. The van der Waals surface area contributed by atoms with Crippen molar-refractivity contribution in [2.24, 2.45) is 0 Å². The first kappa shape index (κ1) is 13.9. The van der Waals surface area contributed by atoms with Crippen LogP contribution in [0.2, 0.25) is 0 Å². The molecule has 110 valence electrons. The molecule has 0 saturated heterocycles. The lowest BCUT2D eigenvalue weighted by Crippen LogP contribution is -2.33. The first-order chi connectivity index (χ1) is 10.4. The van der Waals surface area contributed by atoms with Crippen LogP contribution in [0, 0.1) is 13.8 Å². The van der Waals surface area contributed by atoms with Gasteiger partial charge in [0.1, 0.15) is 0 Å². The van der Waals surface area contributed by atoms with Crippen LogP contribution < -0.4 is 9.80 Å². The third-order valence-corrected chi connectivity index (χ3v) is 3.60. The molecule has 0 fully saturated rings. The van der Waals surface area contributed by atoms with Crippen molar-refractivity contribution in [1.82, 2.24) is 0 Å². The Bertz CT molecular complexity index is 705. The summed E-state index contributed by atoms with van der Waals surface area (Å²) in [7, 11) is 0. The molecule has 6 nitrogen and oxygen atoms in total. The van der Waals surface area contributed by atoms with E-state index in [4.69, 9.17) is 0 Å². The Morgan fingerprint density at radius 1 is 0.636 bits per heavy atom. The fourth-order valence-electron chi connectivity index (χ4n) is 2.56. The number of amides is 4. The van der Waals surface area contributed by atoms with Crippen molar-refractivity contribution in [2.45, 2.75) is 13.8 Å². The Balaban J connectivity index is 2.15. The van der Waals surface area contributed by atoms with Crippen molar-refractivity contribution in [3.05, 3.63) is 47.6 Å². The van der Waals surface area contributed by atoms with Crippen LogP contribution >= 0.6 is 0 Å². The minimum Gasteiger partial charge on any atom is -0.269 e. The molecule has 0 atom stereocenters. The second-order valence-corrected chi connectivity index (χ2v) is 5.12. The van der Waals surface area contributed by atoms with E-state index in [0.29, 0.717) is 16.9 Å². The minimum atomic E-state index is -0.443. The summed E-state index contributed by atoms with van der Waals surface area (Å²) in [6.07, 6.45) is 4.77. The van der Waals surface area contributed by atoms with Crippen LogP contribution in [0.4, 0.5) is 11.4 Å². The Morgan fingerprint density at radius 3 is 1.27 bits per heavy atom. The molecule has 3 rings (SSSR count). The molecule has 0 bridgehead atoms. The normalized spacial score (nSPS) is 17.4. The number of imide groups is 2. The van der Waals surface area contributed by atoms with Gasteiger partial charge in [-0.2, -0.15) is 0 Å². The van der Waals surface area contributed by atoms with E-state index in [2.05, 4.69) is 0 Å². The zero-order valence-corrected chi connectivity index (χ0v) is 12.0. The molecular weight excluding hydrogens is 284 g/mol. The summed E-state index contributed by atoms with van der Waals surface area (Å²) in [5, 5.41) is 0. The van der Waals surface area contributed by atoms with E-state index in [9.17, 15) is 19.2 Å². The molecule has 2 heterocycles. The molecule has 0 saturated carbocycles. The van der Waals surface area contributed by atoms with Crippen molar-refractivity contribution < 1.29 is 19.2 Å². The standard InChI is InChI=1S/C16H12N2O4/c1-9-7-11(17-13(19)3-4-14(17)20)10(2)12(8-9)18-15(21)5-6-16(18)22/h3-8H,1-2H3. The number of rotatable bonds is 2. The van der Waals surface area contributed by atoms with Gasteiger partial charge in [0.2, 0.25) is 0 Å². The van der Waals surface area contributed by atoms with Crippen molar-refractivity contribution in [3.63, 3.8) is 0 Å². The van der Waals surface area contributed by atoms with Crippen LogP contribution in [-0.4, -0.2) is 23.6 Å². The zero-order chi connectivity index (χ0) is 16.0. The van der Waals surface area contributed by atoms with Crippen LogP contribution in [0.5, 0.6) is 0 Å². The lowest BCUT2D eigenvalue weighted by molar-refractivity contribution is -0.121. The molecule has 4 amide bonds. The van der Waals surface area contributed by atoms with Gasteiger partial charge in [-0.15, -0.1) is 0 Å². The summed E-state index contributed by atoms with van der Waals surface area (Å²) in [4.78, 5) is 49.5. The molecule has 2 aliphatic heterocycles. The van der Waals surface area contributed by atoms with Crippen molar-refractivity contribution >= 4 is 35.0 Å². The van der Waals surface area contributed by atoms with E-state index in [1.54, 1.807) is 26.0 Å². The Morgan fingerprint density at radius 2 is 0.955 bits per heavy atom. The highest BCUT2D eigenvalue weighted by molar-refractivity contribution is 6.30.